The maximum Gasteiger partial charge on any atom is 0.217 e. The number of amides is 1. The van der Waals surface area contributed by atoms with Crippen molar-refractivity contribution in [2.24, 2.45) is 23.5 Å². The predicted octanol–water partition coefficient (Wildman–Crippen LogP) is 1.30. The highest BCUT2D eigenvalue weighted by Gasteiger charge is 2.39. The van der Waals surface area contributed by atoms with Crippen molar-refractivity contribution in [2.75, 3.05) is 0 Å². The lowest BCUT2D eigenvalue weighted by Crippen LogP contribution is -2.20. The standard InChI is InChI=1S/C9H15NO/c10-9(11)5-8-4-6-1-2-7(8)3-6/h6-8H,1-5H2,(H2,10,11)/t6-,7+,8+/m1/s1. The van der Waals surface area contributed by atoms with Crippen LogP contribution in [0, 0.1) is 17.8 Å². The Hall–Kier alpha value is -0.530. The largest absolute Gasteiger partial charge is 0.370 e. The molecular weight excluding hydrogens is 138 g/mol. The van der Waals surface area contributed by atoms with E-state index in [4.69, 9.17) is 5.73 Å². The van der Waals surface area contributed by atoms with E-state index >= 15 is 0 Å². The second kappa shape index (κ2) is 2.50. The van der Waals surface area contributed by atoms with Crippen molar-refractivity contribution in [3.05, 3.63) is 0 Å². The van der Waals surface area contributed by atoms with Gasteiger partial charge in [-0.15, -0.1) is 0 Å². The molecule has 2 aliphatic rings. The van der Waals surface area contributed by atoms with Crippen molar-refractivity contribution in [3.63, 3.8) is 0 Å². The van der Waals surface area contributed by atoms with Gasteiger partial charge in [0.1, 0.15) is 0 Å². The quantitative estimate of drug-likeness (QED) is 0.638. The summed E-state index contributed by atoms with van der Waals surface area (Å²) in [5.74, 6) is 2.31. The number of primary amides is 1. The highest BCUT2D eigenvalue weighted by Crippen LogP contribution is 2.49. The average molecular weight is 153 g/mol. The highest BCUT2D eigenvalue weighted by molar-refractivity contribution is 5.74. The minimum Gasteiger partial charge on any atom is -0.370 e. The number of rotatable bonds is 2. The molecule has 2 bridgehead atoms. The number of carbonyl (C=O) groups excluding carboxylic acids is 1. The molecule has 2 N–H and O–H groups in total. The normalized spacial score (nSPS) is 41.3. The van der Waals surface area contributed by atoms with Gasteiger partial charge in [-0.25, -0.2) is 0 Å². The molecule has 0 saturated heterocycles. The number of hydrogen-bond donors (Lipinski definition) is 1. The molecule has 0 aromatic heterocycles. The van der Waals surface area contributed by atoms with E-state index in [1.807, 2.05) is 0 Å². The molecule has 2 heteroatoms. The third-order valence-corrected chi connectivity index (χ3v) is 3.35. The molecule has 2 rings (SSSR count). The topological polar surface area (TPSA) is 43.1 Å². The zero-order chi connectivity index (χ0) is 7.84. The summed E-state index contributed by atoms with van der Waals surface area (Å²) >= 11 is 0. The molecule has 2 nitrogen and oxygen atoms in total. The van der Waals surface area contributed by atoms with Gasteiger partial charge in [-0.1, -0.05) is 6.42 Å². The summed E-state index contributed by atoms with van der Waals surface area (Å²) < 4.78 is 0. The van der Waals surface area contributed by atoms with Gasteiger partial charge in [-0.05, 0) is 37.0 Å². The molecule has 0 spiro atoms. The van der Waals surface area contributed by atoms with E-state index in [1.54, 1.807) is 0 Å². The van der Waals surface area contributed by atoms with Crippen molar-refractivity contribution in [1.82, 2.24) is 0 Å². The molecular formula is C9H15NO. The molecule has 2 aliphatic carbocycles. The van der Waals surface area contributed by atoms with Gasteiger partial charge in [-0.3, -0.25) is 4.79 Å². The summed E-state index contributed by atoms with van der Waals surface area (Å²) in [6.07, 6.45) is 6.04. The lowest BCUT2D eigenvalue weighted by atomic mass is 9.86. The SMILES string of the molecule is NC(=O)C[C@@H]1C[C@@H]2CC[C@H]1C2. The average Bonchev–Trinajstić information content (AvgIpc) is 2.45. The van der Waals surface area contributed by atoms with Gasteiger partial charge in [0.15, 0.2) is 0 Å². The summed E-state index contributed by atoms with van der Waals surface area (Å²) in [5, 5.41) is 0. The lowest BCUT2D eigenvalue weighted by Gasteiger charge is -2.19. The molecule has 0 aromatic rings. The number of hydrogen-bond acceptors (Lipinski definition) is 1. The first kappa shape index (κ1) is 7.14. The molecule has 0 heterocycles. The number of nitrogens with two attached hydrogens (primary N) is 1. The first-order valence-electron chi connectivity index (χ1n) is 4.54. The zero-order valence-electron chi connectivity index (χ0n) is 6.75. The Bertz CT molecular complexity index is 178. The molecule has 3 atom stereocenters. The summed E-state index contributed by atoms with van der Waals surface area (Å²) in [4.78, 5) is 10.7. The van der Waals surface area contributed by atoms with E-state index in [0.29, 0.717) is 12.3 Å². The van der Waals surface area contributed by atoms with E-state index in [0.717, 1.165) is 11.8 Å². The van der Waals surface area contributed by atoms with Crippen LogP contribution in [-0.2, 0) is 4.79 Å². The Kier molecular flexibility index (Phi) is 1.63. The van der Waals surface area contributed by atoms with E-state index in [9.17, 15) is 4.79 Å². The van der Waals surface area contributed by atoms with Crippen molar-refractivity contribution in [2.45, 2.75) is 32.1 Å². The maximum atomic E-state index is 10.7. The van der Waals surface area contributed by atoms with Gasteiger partial charge >= 0.3 is 0 Å². The second-order valence-corrected chi connectivity index (χ2v) is 4.11. The zero-order valence-corrected chi connectivity index (χ0v) is 6.75. The van der Waals surface area contributed by atoms with Crippen LogP contribution in [-0.4, -0.2) is 5.91 Å². The van der Waals surface area contributed by atoms with Gasteiger partial charge in [0, 0.05) is 6.42 Å². The third kappa shape index (κ3) is 1.26. The van der Waals surface area contributed by atoms with Crippen molar-refractivity contribution < 1.29 is 4.79 Å². The summed E-state index contributed by atoms with van der Waals surface area (Å²) in [5.41, 5.74) is 5.17. The lowest BCUT2D eigenvalue weighted by molar-refractivity contribution is -0.119. The van der Waals surface area contributed by atoms with Crippen LogP contribution in [0.5, 0.6) is 0 Å². The number of carbonyl (C=O) groups is 1. The van der Waals surface area contributed by atoms with E-state index < -0.39 is 0 Å². The first-order chi connectivity index (χ1) is 5.25. The van der Waals surface area contributed by atoms with Crippen LogP contribution in [0.15, 0.2) is 0 Å². The van der Waals surface area contributed by atoms with Gasteiger partial charge in [0.05, 0.1) is 0 Å². The monoisotopic (exact) mass is 153 g/mol. The molecule has 0 aliphatic heterocycles. The van der Waals surface area contributed by atoms with Crippen molar-refractivity contribution in [1.29, 1.82) is 0 Å². The number of fused-ring (bicyclic) bond motifs is 2. The first-order valence-corrected chi connectivity index (χ1v) is 4.54. The maximum absolute atomic E-state index is 10.7. The van der Waals surface area contributed by atoms with Crippen LogP contribution in [0.2, 0.25) is 0 Å². The van der Waals surface area contributed by atoms with Crippen LogP contribution < -0.4 is 5.73 Å². The summed E-state index contributed by atoms with van der Waals surface area (Å²) in [7, 11) is 0. The highest BCUT2D eigenvalue weighted by atomic mass is 16.1. The van der Waals surface area contributed by atoms with Gasteiger partial charge < -0.3 is 5.73 Å². The van der Waals surface area contributed by atoms with E-state index in [-0.39, 0.29) is 5.91 Å². The minimum atomic E-state index is -0.109. The summed E-state index contributed by atoms with van der Waals surface area (Å²) in [6.45, 7) is 0. The molecule has 0 aromatic carbocycles. The van der Waals surface area contributed by atoms with Crippen LogP contribution in [0.1, 0.15) is 32.1 Å². The van der Waals surface area contributed by atoms with Crippen LogP contribution in [0.4, 0.5) is 0 Å². The predicted molar refractivity (Wildman–Crippen MR) is 42.7 cm³/mol. The van der Waals surface area contributed by atoms with Gasteiger partial charge in [0.2, 0.25) is 5.91 Å². The van der Waals surface area contributed by atoms with Gasteiger partial charge in [0.25, 0.3) is 0 Å². The Labute approximate surface area is 67.1 Å². The Morgan fingerprint density at radius 1 is 1.36 bits per heavy atom. The second-order valence-electron chi connectivity index (χ2n) is 4.11. The molecule has 0 radical (unpaired) electrons. The smallest absolute Gasteiger partial charge is 0.217 e. The fourth-order valence-electron chi connectivity index (χ4n) is 2.88. The minimum absolute atomic E-state index is 0.109. The molecule has 62 valence electrons. The molecule has 0 unspecified atom stereocenters. The molecule has 2 fully saturated rings. The van der Waals surface area contributed by atoms with Crippen molar-refractivity contribution in [3.8, 4) is 0 Å². The molecule has 11 heavy (non-hydrogen) atoms. The van der Waals surface area contributed by atoms with Crippen LogP contribution in [0.3, 0.4) is 0 Å². The third-order valence-electron chi connectivity index (χ3n) is 3.35. The molecule has 2 saturated carbocycles. The van der Waals surface area contributed by atoms with Gasteiger partial charge in [-0.2, -0.15) is 0 Å². The molecule has 1 amide bonds. The van der Waals surface area contributed by atoms with E-state index in [2.05, 4.69) is 0 Å². The fraction of sp³-hybridized carbons (Fsp3) is 0.889. The van der Waals surface area contributed by atoms with Crippen LogP contribution in [0.25, 0.3) is 0 Å². The van der Waals surface area contributed by atoms with Crippen LogP contribution >= 0.6 is 0 Å². The Balaban J connectivity index is 1.92. The Morgan fingerprint density at radius 3 is 2.64 bits per heavy atom. The summed E-state index contributed by atoms with van der Waals surface area (Å²) in [6, 6.07) is 0. The van der Waals surface area contributed by atoms with Crippen molar-refractivity contribution >= 4 is 5.91 Å². The fourth-order valence-corrected chi connectivity index (χ4v) is 2.88. The Morgan fingerprint density at radius 2 is 2.18 bits per heavy atom. The van der Waals surface area contributed by atoms with E-state index in [1.165, 1.54) is 25.7 Å².